The summed E-state index contributed by atoms with van der Waals surface area (Å²) in [4.78, 5) is 6.67. The lowest BCUT2D eigenvalue weighted by Gasteiger charge is -2.27. The smallest absolute Gasteiger partial charge is 0.0538 e. The van der Waals surface area contributed by atoms with Gasteiger partial charge in [-0.2, -0.15) is 0 Å². The molecule has 1 aromatic carbocycles. The zero-order valence-corrected chi connectivity index (χ0v) is 17.6. The van der Waals surface area contributed by atoms with Crippen molar-refractivity contribution in [3.05, 3.63) is 63.7 Å². The summed E-state index contributed by atoms with van der Waals surface area (Å²) in [5.74, 6) is 0. The molecule has 3 heteroatoms. The van der Waals surface area contributed by atoms with Crippen LogP contribution in [0.2, 0.25) is 0 Å². The first-order chi connectivity index (χ1) is 12.6. The lowest BCUT2D eigenvalue weighted by Crippen LogP contribution is -2.31. The molecule has 26 heavy (non-hydrogen) atoms. The van der Waals surface area contributed by atoms with Crippen LogP contribution in [0.5, 0.6) is 0 Å². The summed E-state index contributed by atoms with van der Waals surface area (Å²) < 4.78 is 1.16. The van der Waals surface area contributed by atoms with E-state index in [0.717, 1.165) is 24.1 Å². The average molecular weight is 413 g/mol. The molecule has 1 aromatic rings. The van der Waals surface area contributed by atoms with Crippen molar-refractivity contribution in [3.63, 3.8) is 0 Å². The summed E-state index contributed by atoms with van der Waals surface area (Å²) in [5, 5.41) is 0. The maximum absolute atomic E-state index is 4.14. The molecule has 1 heterocycles. The molecule has 2 nitrogen and oxygen atoms in total. The van der Waals surface area contributed by atoms with E-state index in [0.29, 0.717) is 6.04 Å². The minimum absolute atomic E-state index is 0.485. The van der Waals surface area contributed by atoms with Crippen LogP contribution in [0.25, 0.3) is 18.2 Å². The highest BCUT2D eigenvalue weighted by molar-refractivity contribution is 9.10. The largest absolute Gasteiger partial charge is 0.299 e. The van der Waals surface area contributed by atoms with Gasteiger partial charge in [0.25, 0.3) is 0 Å². The second kappa shape index (κ2) is 9.84. The standard InChI is InChI=1S/C23H29BrN2/c1-6-9-13-20-17(4)19(8-3)21(11-7-2)22(23(20)24)16-26-14-10-12-18(26)15-25-5/h6-9,11,13,18H,1,3,5,10,12,14-16H2,2,4H3/b11-7-,13-9-. The Balaban J connectivity index is 2.61. The second-order valence-electron chi connectivity index (χ2n) is 6.63. The summed E-state index contributed by atoms with van der Waals surface area (Å²) in [6.07, 6.45) is 14.6. The average Bonchev–Trinajstić information content (AvgIpc) is 3.06. The number of rotatable bonds is 8. The van der Waals surface area contributed by atoms with Crippen molar-refractivity contribution in [2.24, 2.45) is 4.99 Å². The van der Waals surface area contributed by atoms with Gasteiger partial charge in [-0.1, -0.05) is 49.6 Å². The Morgan fingerprint density at radius 2 is 2.00 bits per heavy atom. The number of aliphatic imine (C=N–C) groups is 1. The third-order valence-corrected chi connectivity index (χ3v) is 5.97. The molecule has 1 aliphatic heterocycles. The fourth-order valence-corrected chi connectivity index (χ4v) is 4.52. The Bertz CT molecular complexity index is 743. The molecule has 1 fully saturated rings. The summed E-state index contributed by atoms with van der Waals surface area (Å²) in [6, 6.07) is 0.485. The summed E-state index contributed by atoms with van der Waals surface area (Å²) in [6.45, 7) is 18.6. The van der Waals surface area contributed by atoms with E-state index in [4.69, 9.17) is 0 Å². The molecule has 0 saturated carbocycles. The Labute approximate surface area is 166 Å². The van der Waals surface area contributed by atoms with E-state index in [1.54, 1.807) is 0 Å². The molecule has 1 unspecified atom stereocenters. The van der Waals surface area contributed by atoms with E-state index in [-0.39, 0.29) is 0 Å². The van der Waals surface area contributed by atoms with E-state index >= 15 is 0 Å². The molecular formula is C23H29BrN2. The molecule has 0 N–H and O–H groups in total. The fraction of sp³-hybridized carbons (Fsp3) is 0.348. The van der Waals surface area contributed by atoms with Crippen LogP contribution in [0.3, 0.4) is 0 Å². The number of halogens is 1. The van der Waals surface area contributed by atoms with E-state index in [9.17, 15) is 0 Å². The highest BCUT2D eigenvalue weighted by atomic mass is 79.9. The first-order valence-corrected chi connectivity index (χ1v) is 9.94. The molecule has 1 aliphatic rings. The van der Waals surface area contributed by atoms with Gasteiger partial charge in [0.1, 0.15) is 0 Å². The van der Waals surface area contributed by atoms with Crippen molar-refractivity contribution >= 4 is 40.9 Å². The van der Waals surface area contributed by atoms with Crippen LogP contribution in [-0.4, -0.2) is 30.7 Å². The molecule has 0 radical (unpaired) electrons. The van der Waals surface area contributed by atoms with Crippen molar-refractivity contribution in [2.75, 3.05) is 13.1 Å². The monoisotopic (exact) mass is 412 g/mol. The van der Waals surface area contributed by atoms with Gasteiger partial charge in [-0.25, -0.2) is 0 Å². The summed E-state index contributed by atoms with van der Waals surface area (Å²) in [7, 11) is 0. The minimum atomic E-state index is 0.485. The maximum Gasteiger partial charge on any atom is 0.0538 e. The van der Waals surface area contributed by atoms with Gasteiger partial charge in [0.05, 0.1) is 6.54 Å². The Morgan fingerprint density at radius 3 is 2.62 bits per heavy atom. The van der Waals surface area contributed by atoms with Gasteiger partial charge in [0.2, 0.25) is 0 Å². The third-order valence-electron chi connectivity index (χ3n) is 5.06. The molecule has 0 bridgehead atoms. The van der Waals surface area contributed by atoms with Gasteiger partial charge in [-0.05, 0) is 83.7 Å². The van der Waals surface area contributed by atoms with Crippen LogP contribution < -0.4 is 0 Å². The van der Waals surface area contributed by atoms with Gasteiger partial charge in [-0.3, -0.25) is 9.89 Å². The van der Waals surface area contributed by atoms with E-state index < -0.39 is 0 Å². The van der Waals surface area contributed by atoms with E-state index in [2.05, 4.69) is 77.8 Å². The fourth-order valence-electron chi connectivity index (χ4n) is 3.75. The van der Waals surface area contributed by atoms with Gasteiger partial charge >= 0.3 is 0 Å². The number of nitrogens with zero attached hydrogens (tertiary/aromatic N) is 2. The zero-order chi connectivity index (χ0) is 19.1. The number of benzene rings is 1. The topological polar surface area (TPSA) is 15.6 Å². The first-order valence-electron chi connectivity index (χ1n) is 9.14. The van der Waals surface area contributed by atoms with Crippen LogP contribution in [0.15, 0.2) is 40.9 Å². The number of hydrogen-bond acceptors (Lipinski definition) is 2. The predicted molar refractivity (Wildman–Crippen MR) is 121 cm³/mol. The molecule has 0 amide bonds. The van der Waals surface area contributed by atoms with Crippen molar-refractivity contribution in [1.82, 2.24) is 4.90 Å². The van der Waals surface area contributed by atoms with E-state index in [1.165, 1.54) is 40.7 Å². The van der Waals surface area contributed by atoms with Crippen molar-refractivity contribution in [1.29, 1.82) is 0 Å². The highest BCUT2D eigenvalue weighted by Crippen LogP contribution is 2.36. The van der Waals surface area contributed by atoms with Crippen LogP contribution >= 0.6 is 15.9 Å². The lowest BCUT2D eigenvalue weighted by atomic mass is 9.91. The molecule has 138 valence electrons. The Kier molecular flexibility index (Phi) is 7.80. The van der Waals surface area contributed by atoms with Crippen LogP contribution in [0.4, 0.5) is 0 Å². The minimum Gasteiger partial charge on any atom is -0.299 e. The first kappa shape index (κ1) is 20.6. The maximum atomic E-state index is 4.14. The Hall–Kier alpha value is -1.71. The van der Waals surface area contributed by atoms with Crippen molar-refractivity contribution < 1.29 is 0 Å². The van der Waals surface area contributed by atoms with Crippen LogP contribution in [0.1, 0.15) is 47.6 Å². The zero-order valence-electron chi connectivity index (χ0n) is 16.0. The van der Waals surface area contributed by atoms with Crippen LogP contribution in [-0.2, 0) is 6.54 Å². The quantitative estimate of drug-likeness (QED) is 0.361. The second-order valence-corrected chi connectivity index (χ2v) is 7.42. The van der Waals surface area contributed by atoms with E-state index in [1.807, 2.05) is 18.2 Å². The molecule has 2 rings (SSSR count). The van der Waals surface area contributed by atoms with Crippen molar-refractivity contribution in [3.8, 4) is 0 Å². The molecular weight excluding hydrogens is 384 g/mol. The Morgan fingerprint density at radius 1 is 1.23 bits per heavy atom. The molecule has 0 spiro atoms. The number of likely N-dealkylation sites (tertiary alicyclic amines) is 1. The lowest BCUT2D eigenvalue weighted by molar-refractivity contribution is 0.250. The highest BCUT2D eigenvalue weighted by Gasteiger charge is 2.26. The summed E-state index contributed by atoms with van der Waals surface area (Å²) in [5.41, 5.74) is 6.18. The number of hydrogen-bond donors (Lipinski definition) is 0. The molecule has 0 aromatic heterocycles. The van der Waals surface area contributed by atoms with Gasteiger partial charge in [0.15, 0.2) is 0 Å². The van der Waals surface area contributed by atoms with Gasteiger partial charge < -0.3 is 0 Å². The third kappa shape index (κ3) is 4.33. The molecule has 1 saturated heterocycles. The van der Waals surface area contributed by atoms with Gasteiger partial charge in [0, 0.05) is 17.1 Å². The SMILES string of the molecule is C=C/C=C\c1c(C)c(C=C)c(/C=C\C)c(CN2CCCC2CN=C)c1Br. The van der Waals surface area contributed by atoms with Crippen LogP contribution in [0, 0.1) is 6.92 Å². The predicted octanol–water partition coefficient (Wildman–Crippen LogP) is 6.30. The normalized spacial score (nSPS) is 18.0. The summed E-state index contributed by atoms with van der Waals surface area (Å²) >= 11 is 3.90. The van der Waals surface area contributed by atoms with Gasteiger partial charge in [-0.15, -0.1) is 0 Å². The van der Waals surface area contributed by atoms with Crippen molar-refractivity contribution in [2.45, 2.75) is 39.3 Å². The molecule has 1 atom stereocenters. The number of allylic oxidation sites excluding steroid dienone is 3. The molecule has 0 aliphatic carbocycles.